The number of rotatable bonds is 4. The number of nitrogens with zero attached hydrogens (tertiary/aromatic N) is 2. The van der Waals surface area contributed by atoms with Crippen molar-refractivity contribution in [1.29, 1.82) is 0 Å². The lowest BCUT2D eigenvalue weighted by Gasteiger charge is -2.35. The summed E-state index contributed by atoms with van der Waals surface area (Å²) in [6.45, 7) is 2.77. The van der Waals surface area contributed by atoms with E-state index in [9.17, 15) is 4.79 Å². The first-order chi connectivity index (χ1) is 8.24. The van der Waals surface area contributed by atoms with Gasteiger partial charge in [0.2, 0.25) is 0 Å². The molecule has 1 saturated carbocycles. The first-order valence-corrected chi connectivity index (χ1v) is 6.20. The number of carbonyl (C=O) groups excluding carboxylic acids is 1. The van der Waals surface area contributed by atoms with E-state index in [1.165, 1.54) is 6.42 Å². The van der Waals surface area contributed by atoms with Crippen molar-refractivity contribution in [2.75, 3.05) is 18.9 Å². The van der Waals surface area contributed by atoms with Gasteiger partial charge in [-0.05, 0) is 38.3 Å². The van der Waals surface area contributed by atoms with Crippen LogP contribution in [0.4, 0.5) is 5.82 Å². The molecular weight excluding hydrogens is 214 g/mol. The van der Waals surface area contributed by atoms with Crippen LogP contribution in [0.25, 0.3) is 0 Å². The second-order valence-corrected chi connectivity index (χ2v) is 4.43. The van der Waals surface area contributed by atoms with Crippen LogP contribution in [0.2, 0.25) is 0 Å². The van der Waals surface area contributed by atoms with Crippen LogP contribution in [0.15, 0.2) is 18.3 Å². The molecule has 1 heterocycles. The Hall–Kier alpha value is -1.58. The number of anilines is 1. The quantitative estimate of drug-likeness (QED) is 0.866. The predicted octanol–water partition coefficient (Wildman–Crippen LogP) is 2.14. The van der Waals surface area contributed by atoms with Crippen LogP contribution in [0.5, 0.6) is 0 Å². The van der Waals surface area contributed by atoms with Crippen molar-refractivity contribution in [2.45, 2.75) is 32.2 Å². The monoisotopic (exact) mass is 233 g/mol. The van der Waals surface area contributed by atoms with Crippen LogP contribution in [0.1, 0.15) is 36.5 Å². The van der Waals surface area contributed by atoms with E-state index in [0.717, 1.165) is 19.4 Å². The molecule has 92 valence electrons. The van der Waals surface area contributed by atoms with E-state index < -0.39 is 0 Å². The third-order valence-corrected chi connectivity index (χ3v) is 3.33. The van der Waals surface area contributed by atoms with Crippen LogP contribution in [-0.2, 0) is 0 Å². The number of carbonyl (C=O) groups is 1. The minimum Gasteiger partial charge on any atom is -0.370 e. The molecule has 17 heavy (non-hydrogen) atoms. The van der Waals surface area contributed by atoms with Gasteiger partial charge in [0.25, 0.3) is 5.91 Å². The molecule has 4 nitrogen and oxygen atoms in total. The summed E-state index contributed by atoms with van der Waals surface area (Å²) in [6, 6.07) is 4.06. The number of aromatic nitrogens is 1. The maximum atomic E-state index is 12.3. The van der Waals surface area contributed by atoms with Crippen LogP contribution >= 0.6 is 0 Å². The van der Waals surface area contributed by atoms with Crippen molar-refractivity contribution in [3.63, 3.8) is 0 Å². The maximum Gasteiger partial charge on any atom is 0.257 e. The maximum absolute atomic E-state index is 12.3. The summed E-state index contributed by atoms with van der Waals surface area (Å²) in [5.74, 6) is 0.755. The van der Waals surface area contributed by atoms with Gasteiger partial charge in [-0.1, -0.05) is 0 Å². The molecule has 0 atom stereocenters. The van der Waals surface area contributed by atoms with Crippen molar-refractivity contribution in [1.82, 2.24) is 9.88 Å². The lowest BCUT2D eigenvalue weighted by atomic mass is 9.91. The van der Waals surface area contributed by atoms with Crippen LogP contribution in [0, 0.1) is 0 Å². The fourth-order valence-corrected chi connectivity index (χ4v) is 2.02. The van der Waals surface area contributed by atoms with E-state index in [1.54, 1.807) is 6.20 Å². The highest BCUT2D eigenvalue weighted by Gasteiger charge is 2.27. The van der Waals surface area contributed by atoms with E-state index in [1.807, 2.05) is 31.0 Å². The van der Waals surface area contributed by atoms with E-state index >= 15 is 0 Å². The van der Waals surface area contributed by atoms with Gasteiger partial charge in [-0.2, -0.15) is 0 Å². The average Bonchev–Trinajstić information content (AvgIpc) is 2.27. The van der Waals surface area contributed by atoms with Gasteiger partial charge in [-0.15, -0.1) is 0 Å². The Morgan fingerprint density at radius 3 is 2.94 bits per heavy atom. The van der Waals surface area contributed by atoms with Gasteiger partial charge in [0, 0.05) is 25.8 Å². The molecule has 1 aliphatic rings. The summed E-state index contributed by atoms with van der Waals surface area (Å²) in [5.41, 5.74) is 0.670. The van der Waals surface area contributed by atoms with E-state index in [2.05, 4.69) is 10.3 Å². The second kappa shape index (κ2) is 5.17. The van der Waals surface area contributed by atoms with Gasteiger partial charge in [-0.3, -0.25) is 4.79 Å². The predicted molar refractivity (Wildman–Crippen MR) is 68.1 cm³/mol. The molecular formula is C13H19N3O. The Kier molecular flexibility index (Phi) is 3.61. The number of hydrogen-bond donors (Lipinski definition) is 1. The van der Waals surface area contributed by atoms with Gasteiger partial charge in [0.05, 0.1) is 5.56 Å². The zero-order valence-electron chi connectivity index (χ0n) is 10.4. The molecule has 1 N–H and O–H groups in total. The molecule has 0 spiro atoms. The molecule has 2 rings (SSSR count). The Bertz CT molecular complexity index is 401. The van der Waals surface area contributed by atoms with E-state index in [-0.39, 0.29) is 5.91 Å². The molecule has 0 radical (unpaired) electrons. The molecule has 0 aromatic carbocycles. The average molecular weight is 233 g/mol. The molecule has 1 aromatic heterocycles. The largest absolute Gasteiger partial charge is 0.370 e. The van der Waals surface area contributed by atoms with Gasteiger partial charge in [0.15, 0.2) is 0 Å². The Balaban J connectivity index is 2.17. The summed E-state index contributed by atoms with van der Waals surface area (Å²) < 4.78 is 0. The van der Waals surface area contributed by atoms with Crippen molar-refractivity contribution in [3.05, 3.63) is 23.9 Å². The van der Waals surface area contributed by atoms with Crippen molar-refractivity contribution >= 4 is 11.7 Å². The Morgan fingerprint density at radius 1 is 1.59 bits per heavy atom. The van der Waals surface area contributed by atoms with Crippen molar-refractivity contribution < 1.29 is 4.79 Å². The van der Waals surface area contributed by atoms with Gasteiger partial charge in [0.1, 0.15) is 5.82 Å². The zero-order valence-corrected chi connectivity index (χ0v) is 10.4. The molecule has 1 aliphatic carbocycles. The third-order valence-electron chi connectivity index (χ3n) is 3.33. The highest BCUT2D eigenvalue weighted by Crippen LogP contribution is 2.25. The highest BCUT2D eigenvalue weighted by atomic mass is 16.2. The van der Waals surface area contributed by atoms with Crippen LogP contribution in [0.3, 0.4) is 0 Å². The lowest BCUT2D eigenvalue weighted by molar-refractivity contribution is 0.0652. The minimum atomic E-state index is 0.0683. The van der Waals surface area contributed by atoms with Crippen molar-refractivity contribution in [2.24, 2.45) is 0 Å². The molecule has 1 aromatic rings. The first-order valence-electron chi connectivity index (χ1n) is 6.20. The lowest BCUT2D eigenvalue weighted by Crippen LogP contribution is -2.41. The molecule has 4 heteroatoms. The topological polar surface area (TPSA) is 45.2 Å². The number of pyridine rings is 1. The molecule has 0 aliphatic heterocycles. The van der Waals surface area contributed by atoms with Gasteiger partial charge < -0.3 is 10.2 Å². The zero-order chi connectivity index (χ0) is 12.3. The summed E-state index contributed by atoms with van der Waals surface area (Å²) in [7, 11) is 1.88. The highest BCUT2D eigenvalue weighted by molar-refractivity contribution is 5.98. The SMILES string of the molecule is CCNc1ncccc1C(=O)N(C)C1CCC1. The first kappa shape index (κ1) is 11.9. The van der Waals surface area contributed by atoms with Crippen molar-refractivity contribution in [3.8, 4) is 0 Å². The fourth-order valence-electron chi connectivity index (χ4n) is 2.02. The Morgan fingerprint density at radius 2 is 2.35 bits per heavy atom. The smallest absolute Gasteiger partial charge is 0.257 e. The van der Waals surface area contributed by atoms with Gasteiger partial charge >= 0.3 is 0 Å². The summed E-state index contributed by atoms with van der Waals surface area (Å²) in [5, 5.41) is 3.13. The second-order valence-electron chi connectivity index (χ2n) is 4.43. The molecule has 0 bridgehead atoms. The van der Waals surface area contributed by atoms with Crippen LogP contribution in [-0.4, -0.2) is 35.4 Å². The fraction of sp³-hybridized carbons (Fsp3) is 0.538. The van der Waals surface area contributed by atoms with E-state index in [0.29, 0.717) is 17.4 Å². The minimum absolute atomic E-state index is 0.0683. The molecule has 0 saturated heterocycles. The standard InChI is InChI=1S/C13H19N3O/c1-3-14-12-11(8-5-9-15-12)13(17)16(2)10-6-4-7-10/h5,8-10H,3-4,6-7H2,1-2H3,(H,14,15). The number of nitrogens with one attached hydrogen (secondary N) is 1. The molecule has 0 unspecified atom stereocenters. The molecule has 1 amide bonds. The number of amides is 1. The van der Waals surface area contributed by atoms with E-state index in [4.69, 9.17) is 0 Å². The summed E-state index contributed by atoms with van der Waals surface area (Å²) >= 11 is 0. The third kappa shape index (κ3) is 2.40. The van der Waals surface area contributed by atoms with Gasteiger partial charge in [-0.25, -0.2) is 4.98 Å². The molecule has 1 fully saturated rings. The summed E-state index contributed by atoms with van der Waals surface area (Å²) in [4.78, 5) is 18.4. The number of hydrogen-bond acceptors (Lipinski definition) is 3. The van der Waals surface area contributed by atoms with Crippen LogP contribution < -0.4 is 5.32 Å². The summed E-state index contributed by atoms with van der Waals surface area (Å²) in [6.07, 6.45) is 5.19. The Labute approximate surface area is 102 Å². The normalized spacial score (nSPS) is 15.2.